The number of rotatable bonds is 3. The lowest BCUT2D eigenvalue weighted by Crippen LogP contribution is -1.72. The third kappa shape index (κ3) is 3.65. The summed E-state index contributed by atoms with van der Waals surface area (Å²) in [5, 5.41) is 4.09. The van der Waals surface area contributed by atoms with Crippen molar-refractivity contribution in [2.75, 3.05) is 6.54 Å². The van der Waals surface area contributed by atoms with Crippen LogP contribution >= 0.6 is 11.6 Å². The van der Waals surface area contributed by atoms with Gasteiger partial charge in [-0.15, -0.1) is 0 Å². The van der Waals surface area contributed by atoms with E-state index in [4.69, 9.17) is 17.1 Å². The predicted octanol–water partition coefficient (Wildman–Crippen LogP) is 3.66. The molecule has 0 aliphatic rings. The first-order valence-electron chi connectivity index (χ1n) is 3.76. The van der Waals surface area contributed by atoms with Crippen molar-refractivity contribution in [2.45, 2.75) is 0 Å². The van der Waals surface area contributed by atoms with E-state index in [2.05, 4.69) is 10.0 Å². The van der Waals surface area contributed by atoms with E-state index in [1.165, 1.54) is 0 Å². The minimum absolute atomic E-state index is 0.374. The van der Waals surface area contributed by atoms with E-state index in [9.17, 15) is 0 Å². The minimum Gasteiger partial charge on any atom is -0.0899 e. The highest BCUT2D eigenvalue weighted by atomic mass is 35.5. The Morgan fingerprint density at radius 3 is 2.69 bits per heavy atom. The van der Waals surface area contributed by atoms with Crippen LogP contribution in [0.2, 0.25) is 5.02 Å². The number of nitrogens with zero attached hydrogens (tertiary/aromatic N) is 3. The molecule has 0 saturated carbocycles. The molecule has 0 atom stereocenters. The molecule has 0 amide bonds. The zero-order valence-electron chi connectivity index (χ0n) is 6.89. The Balaban J connectivity index is 2.58. The fourth-order valence-electron chi connectivity index (χ4n) is 0.846. The van der Waals surface area contributed by atoms with Gasteiger partial charge in [0, 0.05) is 16.5 Å². The maximum absolute atomic E-state index is 8.01. The van der Waals surface area contributed by atoms with E-state index >= 15 is 0 Å². The molecule has 0 radical (unpaired) electrons. The first-order valence-corrected chi connectivity index (χ1v) is 4.13. The summed E-state index contributed by atoms with van der Waals surface area (Å²) in [4.78, 5) is 2.63. The SMILES string of the molecule is [N-]=[N+]=NCC=Cc1ccc(Cl)cc1. The zero-order chi connectivity index (χ0) is 9.52. The average Bonchev–Trinajstić information content (AvgIpc) is 2.15. The summed E-state index contributed by atoms with van der Waals surface area (Å²) < 4.78 is 0. The van der Waals surface area contributed by atoms with Gasteiger partial charge in [0.05, 0.1) is 0 Å². The van der Waals surface area contributed by atoms with Gasteiger partial charge < -0.3 is 0 Å². The van der Waals surface area contributed by atoms with Crippen LogP contribution in [0.3, 0.4) is 0 Å². The van der Waals surface area contributed by atoms with Crippen molar-refractivity contribution in [3.8, 4) is 0 Å². The zero-order valence-corrected chi connectivity index (χ0v) is 7.65. The highest BCUT2D eigenvalue weighted by molar-refractivity contribution is 6.30. The van der Waals surface area contributed by atoms with Crippen molar-refractivity contribution >= 4 is 17.7 Å². The first kappa shape index (κ1) is 9.65. The van der Waals surface area contributed by atoms with Gasteiger partial charge in [0.15, 0.2) is 0 Å². The Bertz CT molecular complexity index is 336. The van der Waals surface area contributed by atoms with Crippen molar-refractivity contribution < 1.29 is 0 Å². The van der Waals surface area contributed by atoms with Gasteiger partial charge in [-0.3, -0.25) is 0 Å². The fourth-order valence-corrected chi connectivity index (χ4v) is 0.972. The van der Waals surface area contributed by atoms with Gasteiger partial charge in [0.25, 0.3) is 0 Å². The molecule has 1 aromatic rings. The summed E-state index contributed by atoms with van der Waals surface area (Å²) in [5.74, 6) is 0. The number of benzene rings is 1. The van der Waals surface area contributed by atoms with E-state index < -0.39 is 0 Å². The van der Waals surface area contributed by atoms with Crippen LogP contribution in [0.15, 0.2) is 35.5 Å². The third-order valence-corrected chi connectivity index (χ3v) is 1.68. The van der Waals surface area contributed by atoms with Crippen LogP contribution in [0.5, 0.6) is 0 Å². The van der Waals surface area contributed by atoms with Gasteiger partial charge in [-0.2, -0.15) is 0 Å². The smallest absolute Gasteiger partial charge is 0.0443 e. The summed E-state index contributed by atoms with van der Waals surface area (Å²) in [6.45, 7) is 0.374. The molecule has 0 unspecified atom stereocenters. The van der Waals surface area contributed by atoms with Gasteiger partial charge in [0.2, 0.25) is 0 Å². The van der Waals surface area contributed by atoms with Crippen LogP contribution in [-0.4, -0.2) is 6.54 Å². The molecule has 0 spiro atoms. The largest absolute Gasteiger partial charge is 0.0899 e. The van der Waals surface area contributed by atoms with Crippen LogP contribution < -0.4 is 0 Å². The fraction of sp³-hybridized carbons (Fsp3) is 0.111. The van der Waals surface area contributed by atoms with Gasteiger partial charge in [-0.05, 0) is 23.2 Å². The van der Waals surface area contributed by atoms with E-state index in [0.717, 1.165) is 5.56 Å². The first-order chi connectivity index (χ1) is 6.33. The van der Waals surface area contributed by atoms with Gasteiger partial charge in [-0.1, -0.05) is 41.0 Å². The van der Waals surface area contributed by atoms with E-state index in [1.807, 2.05) is 30.3 Å². The molecule has 13 heavy (non-hydrogen) atoms. The lowest BCUT2D eigenvalue weighted by atomic mass is 10.2. The second kappa shape index (κ2) is 5.25. The van der Waals surface area contributed by atoms with Crippen molar-refractivity contribution in [1.29, 1.82) is 0 Å². The van der Waals surface area contributed by atoms with E-state index in [0.29, 0.717) is 11.6 Å². The Hall–Kier alpha value is -1.44. The number of hydrogen-bond acceptors (Lipinski definition) is 1. The van der Waals surface area contributed by atoms with E-state index in [1.54, 1.807) is 6.08 Å². The molecule has 1 rings (SSSR count). The summed E-state index contributed by atoms with van der Waals surface area (Å²) >= 11 is 5.70. The Morgan fingerprint density at radius 1 is 1.38 bits per heavy atom. The maximum atomic E-state index is 8.01. The summed E-state index contributed by atoms with van der Waals surface area (Å²) in [7, 11) is 0. The Labute approximate surface area is 81.3 Å². The standard InChI is InChI=1S/C9H8ClN3/c10-9-5-3-8(4-6-9)2-1-7-12-13-11/h1-6H,7H2. The molecule has 0 bridgehead atoms. The maximum Gasteiger partial charge on any atom is 0.0443 e. The van der Waals surface area contributed by atoms with Crippen LogP contribution in [-0.2, 0) is 0 Å². The summed E-state index contributed by atoms with van der Waals surface area (Å²) in [6, 6.07) is 7.42. The molecule has 66 valence electrons. The van der Waals surface area contributed by atoms with Crippen LogP contribution in [0.1, 0.15) is 5.56 Å². The van der Waals surface area contributed by atoms with Gasteiger partial charge in [0.1, 0.15) is 0 Å². The average molecular weight is 194 g/mol. The topological polar surface area (TPSA) is 48.8 Å². The monoisotopic (exact) mass is 193 g/mol. The molecule has 0 saturated heterocycles. The quantitative estimate of drug-likeness (QED) is 0.400. The summed E-state index contributed by atoms with van der Waals surface area (Å²) in [5.41, 5.74) is 9.05. The molecule has 4 heteroatoms. The molecule has 0 aromatic heterocycles. The van der Waals surface area contributed by atoms with Crippen LogP contribution in [0, 0.1) is 0 Å². The molecule has 0 aliphatic carbocycles. The Morgan fingerprint density at radius 2 is 2.08 bits per heavy atom. The highest BCUT2D eigenvalue weighted by Crippen LogP contribution is 2.10. The molecular formula is C9H8ClN3. The normalized spacial score (nSPS) is 9.92. The molecule has 0 heterocycles. The lowest BCUT2D eigenvalue weighted by molar-refractivity contribution is 1.22. The van der Waals surface area contributed by atoms with Gasteiger partial charge in [-0.25, -0.2) is 0 Å². The molecule has 0 aliphatic heterocycles. The summed E-state index contributed by atoms with van der Waals surface area (Å²) in [6.07, 6.45) is 3.67. The molecule has 1 aromatic carbocycles. The van der Waals surface area contributed by atoms with Crippen molar-refractivity contribution in [3.05, 3.63) is 51.4 Å². The lowest BCUT2D eigenvalue weighted by Gasteiger charge is -1.91. The molecular weight excluding hydrogens is 186 g/mol. The Kier molecular flexibility index (Phi) is 3.89. The molecule has 0 N–H and O–H groups in total. The minimum atomic E-state index is 0.374. The second-order valence-electron chi connectivity index (χ2n) is 2.37. The number of azide groups is 1. The van der Waals surface area contributed by atoms with Crippen LogP contribution in [0.4, 0.5) is 0 Å². The van der Waals surface area contributed by atoms with Gasteiger partial charge >= 0.3 is 0 Å². The molecule has 3 nitrogen and oxygen atoms in total. The number of halogens is 1. The molecule has 0 fully saturated rings. The third-order valence-electron chi connectivity index (χ3n) is 1.43. The van der Waals surface area contributed by atoms with Crippen molar-refractivity contribution in [2.24, 2.45) is 5.11 Å². The highest BCUT2D eigenvalue weighted by Gasteiger charge is 1.86. The van der Waals surface area contributed by atoms with Crippen LogP contribution in [0.25, 0.3) is 16.5 Å². The van der Waals surface area contributed by atoms with E-state index in [-0.39, 0.29) is 0 Å². The number of hydrogen-bond donors (Lipinski definition) is 0. The van der Waals surface area contributed by atoms with Crippen molar-refractivity contribution in [3.63, 3.8) is 0 Å². The second-order valence-corrected chi connectivity index (χ2v) is 2.80. The van der Waals surface area contributed by atoms with Crippen molar-refractivity contribution in [1.82, 2.24) is 0 Å². The predicted molar refractivity (Wildman–Crippen MR) is 54.5 cm³/mol.